The number of fused-ring (bicyclic) bond motifs is 1. The Morgan fingerprint density at radius 1 is 1.57 bits per heavy atom. The Kier molecular flexibility index (Phi) is 4.17. The van der Waals surface area contributed by atoms with Crippen LogP contribution in [0.4, 0.5) is 0 Å². The second-order valence-electron chi connectivity index (χ2n) is 4.92. The van der Waals surface area contributed by atoms with Gasteiger partial charge >= 0.3 is 0 Å². The standard InChI is InChI=1S/C12H13BrClN3O2S2/c1-17-10-4-2-3-9(7(10)6-15-17)16-21(18,19)11-5-8(14)12(13)20-11/h5-6,9,16H,2-4H2,1H3. The maximum Gasteiger partial charge on any atom is 0.250 e. The van der Waals surface area contributed by atoms with Crippen molar-refractivity contribution >= 4 is 48.9 Å². The van der Waals surface area contributed by atoms with Crippen LogP contribution in [0, 0.1) is 0 Å². The highest BCUT2D eigenvalue weighted by molar-refractivity contribution is 9.11. The molecule has 0 aliphatic heterocycles. The third-order valence-corrected chi connectivity index (χ3v) is 7.98. The molecule has 2 aromatic rings. The molecule has 0 radical (unpaired) electrons. The fraction of sp³-hybridized carbons (Fsp3) is 0.417. The number of nitrogens with one attached hydrogen (secondary N) is 1. The number of hydrogen-bond acceptors (Lipinski definition) is 4. The molecule has 0 spiro atoms. The molecule has 1 aliphatic rings. The lowest BCUT2D eigenvalue weighted by molar-refractivity contribution is 0.499. The SMILES string of the molecule is Cn1ncc2c1CCCC2NS(=O)(=O)c1cc(Cl)c(Br)s1. The summed E-state index contributed by atoms with van der Waals surface area (Å²) in [7, 11) is -1.70. The number of hydrogen-bond donors (Lipinski definition) is 1. The summed E-state index contributed by atoms with van der Waals surface area (Å²) in [6, 6.07) is 1.23. The number of aryl methyl sites for hydroxylation is 1. The van der Waals surface area contributed by atoms with Crippen LogP contribution in [0.2, 0.25) is 5.02 Å². The van der Waals surface area contributed by atoms with Gasteiger partial charge < -0.3 is 0 Å². The van der Waals surface area contributed by atoms with Gasteiger partial charge in [0.2, 0.25) is 0 Å². The van der Waals surface area contributed by atoms with Crippen LogP contribution in [0.3, 0.4) is 0 Å². The number of sulfonamides is 1. The highest BCUT2D eigenvalue weighted by Crippen LogP contribution is 2.36. The van der Waals surface area contributed by atoms with Crippen LogP contribution in [0.5, 0.6) is 0 Å². The monoisotopic (exact) mass is 409 g/mol. The van der Waals surface area contributed by atoms with E-state index in [0.29, 0.717) is 8.81 Å². The van der Waals surface area contributed by atoms with E-state index in [2.05, 4.69) is 25.8 Å². The first kappa shape index (κ1) is 15.5. The summed E-state index contributed by atoms with van der Waals surface area (Å²) >= 11 is 10.3. The van der Waals surface area contributed by atoms with Crippen molar-refractivity contribution in [3.8, 4) is 0 Å². The van der Waals surface area contributed by atoms with Crippen LogP contribution in [0.15, 0.2) is 20.3 Å². The minimum absolute atomic E-state index is 0.218. The van der Waals surface area contributed by atoms with Crippen LogP contribution in [0.25, 0.3) is 0 Å². The number of nitrogens with zero attached hydrogens (tertiary/aromatic N) is 2. The largest absolute Gasteiger partial charge is 0.272 e. The lowest BCUT2D eigenvalue weighted by atomic mass is 9.94. The fourth-order valence-electron chi connectivity index (χ4n) is 2.53. The molecule has 21 heavy (non-hydrogen) atoms. The van der Waals surface area contributed by atoms with Gasteiger partial charge in [0.25, 0.3) is 10.0 Å². The van der Waals surface area contributed by atoms with E-state index in [1.807, 2.05) is 11.7 Å². The first-order valence-corrected chi connectivity index (χ1v) is 9.83. The van der Waals surface area contributed by atoms with E-state index in [4.69, 9.17) is 11.6 Å². The summed E-state index contributed by atoms with van der Waals surface area (Å²) < 4.78 is 30.4. The van der Waals surface area contributed by atoms with Crippen LogP contribution >= 0.6 is 38.9 Å². The number of thiophene rings is 1. The Hall–Kier alpha value is -0.410. The average molecular weight is 411 g/mol. The molecule has 114 valence electrons. The molecule has 3 rings (SSSR count). The molecule has 1 N–H and O–H groups in total. The van der Waals surface area contributed by atoms with Gasteiger partial charge in [-0.1, -0.05) is 11.6 Å². The smallest absolute Gasteiger partial charge is 0.250 e. The molecule has 0 bridgehead atoms. The topological polar surface area (TPSA) is 64.0 Å². The third kappa shape index (κ3) is 2.92. The van der Waals surface area contributed by atoms with Gasteiger partial charge in [0, 0.05) is 18.3 Å². The summed E-state index contributed by atoms with van der Waals surface area (Å²) in [4.78, 5) is 0. The zero-order chi connectivity index (χ0) is 15.2. The number of rotatable bonds is 3. The van der Waals surface area contributed by atoms with Gasteiger partial charge in [-0.15, -0.1) is 11.3 Å². The summed E-state index contributed by atoms with van der Waals surface area (Å²) in [5.74, 6) is 0. The Labute approximate surface area is 140 Å². The van der Waals surface area contributed by atoms with Gasteiger partial charge in [-0.2, -0.15) is 5.10 Å². The minimum atomic E-state index is -3.58. The molecule has 2 aromatic heterocycles. The third-order valence-electron chi connectivity index (χ3n) is 3.56. The molecule has 5 nitrogen and oxygen atoms in total. The molecular weight excluding hydrogens is 398 g/mol. The van der Waals surface area contributed by atoms with E-state index in [0.717, 1.165) is 41.9 Å². The van der Waals surface area contributed by atoms with E-state index in [-0.39, 0.29) is 10.3 Å². The predicted molar refractivity (Wildman–Crippen MR) is 86.2 cm³/mol. The lowest BCUT2D eigenvalue weighted by Gasteiger charge is -2.23. The number of halogens is 2. The van der Waals surface area contributed by atoms with Crippen LogP contribution in [-0.2, 0) is 23.5 Å². The maximum atomic E-state index is 12.5. The first-order valence-electron chi connectivity index (χ1n) is 6.36. The van der Waals surface area contributed by atoms with E-state index in [1.54, 1.807) is 6.20 Å². The molecule has 0 fully saturated rings. The highest BCUT2D eigenvalue weighted by atomic mass is 79.9. The molecule has 0 saturated heterocycles. The van der Waals surface area contributed by atoms with Gasteiger partial charge in [-0.25, -0.2) is 13.1 Å². The molecule has 9 heteroatoms. The van der Waals surface area contributed by atoms with Crippen molar-refractivity contribution in [2.24, 2.45) is 7.05 Å². The van der Waals surface area contributed by atoms with Crippen molar-refractivity contribution in [1.82, 2.24) is 14.5 Å². The Balaban J connectivity index is 1.90. The fourth-order valence-corrected chi connectivity index (χ4v) is 6.20. The molecule has 0 saturated carbocycles. The molecular formula is C12H13BrClN3O2S2. The average Bonchev–Trinajstić information content (AvgIpc) is 2.96. The summed E-state index contributed by atoms with van der Waals surface area (Å²) in [5.41, 5.74) is 2.06. The zero-order valence-corrected chi connectivity index (χ0v) is 15.1. The van der Waals surface area contributed by atoms with Crippen molar-refractivity contribution in [3.63, 3.8) is 0 Å². The van der Waals surface area contributed by atoms with Crippen LogP contribution < -0.4 is 4.72 Å². The van der Waals surface area contributed by atoms with Gasteiger partial charge in [-0.05, 0) is 41.3 Å². The van der Waals surface area contributed by atoms with E-state index in [1.165, 1.54) is 6.07 Å². The Morgan fingerprint density at radius 2 is 2.33 bits per heavy atom. The molecule has 1 aliphatic carbocycles. The van der Waals surface area contributed by atoms with Gasteiger partial charge in [0.1, 0.15) is 4.21 Å². The quantitative estimate of drug-likeness (QED) is 0.845. The van der Waals surface area contributed by atoms with Crippen molar-refractivity contribution in [1.29, 1.82) is 0 Å². The van der Waals surface area contributed by atoms with E-state index in [9.17, 15) is 8.42 Å². The van der Waals surface area contributed by atoms with E-state index >= 15 is 0 Å². The van der Waals surface area contributed by atoms with Crippen molar-refractivity contribution in [3.05, 3.63) is 32.3 Å². The minimum Gasteiger partial charge on any atom is -0.272 e. The summed E-state index contributed by atoms with van der Waals surface area (Å²) in [5, 5.41) is 4.63. The van der Waals surface area contributed by atoms with Crippen molar-refractivity contribution in [2.45, 2.75) is 29.5 Å². The van der Waals surface area contributed by atoms with Gasteiger partial charge in [0.15, 0.2) is 0 Å². The normalized spacial score (nSPS) is 18.7. The summed E-state index contributed by atoms with van der Waals surface area (Å²) in [6.07, 6.45) is 4.40. The van der Waals surface area contributed by atoms with E-state index < -0.39 is 10.0 Å². The van der Waals surface area contributed by atoms with Gasteiger partial charge in [-0.3, -0.25) is 4.68 Å². The maximum absolute atomic E-state index is 12.5. The van der Waals surface area contributed by atoms with Crippen molar-refractivity contribution in [2.75, 3.05) is 0 Å². The second-order valence-corrected chi connectivity index (χ2v) is 9.64. The molecule has 0 amide bonds. The second kappa shape index (κ2) is 5.66. The Bertz CT molecular complexity index is 765. The van der Waals surface area contributed by atoms with Crippen LogP contribution in [-0.4, -0.2) is 18.2 Å². The first-order chi connectivity index (χ1) is 9.88. The van der Waals surface area contributed by atoms with Gasteiger partial charge in [0.05, 0.1) is 21.0 Å². The molecule has 2 heterocycles. The zero-order valence-electron chi connectivity index (χ0n) is 11.1. The lowest BCUT2D eigenvalue weighted by Crippen LogP contribution is -2.30. The van der Waals surface area contributed by atoms with Crippen molar-refractivity contribution < 1.29 is 8.42 Å². The molecule has 0 aromatic carbocycles. The molecule has 1 unspecified atom stereocenters. The predicted octanol–water partition coefficient (Wildman–Crippen LogP) is 3.25. The molecule has 1 atom stereocenters. The highest BCUT2D eigenvalue weighted by Gasteiger charge is 2.29. The van der Waals surface area contributed by atoms with Crippen LogP contribution in [0.1, 0.15) is 30.1 Å². The number of aromatic nitrogens is 2. The Morgan fingerprint density at radius 3 is 3.00 bits per heavy atom. The summed E-state index contributed by atoms with van der Waals surface area (Å²) in [6.45, 7) is 0.